The predicted octanol–water partition coefficient (Wildman–Crippen LogP) is 0.939. The lowest BCUT2D eigenvalue weighted by Gasteiger charge is -2.34. The summed E-state index contributed by atoms with van der Waals surface area (Å²) in [6.45, 7) is 0.856. The summed E-state index contributed by atoms with van der Waals surface area (Å²) in [6.07, 6.45) is 0. The molecule has 0 unspecified atom stereocenters. The van der Waals surface area contributed by atoms with Gasteiger partial charge in [0.25, 0.3) is 5.69 Å². The number of hydrogen-bond acceptors (Lipinski definition) is 5. The molecule has 0 aromatic heterocycles. The van der Waals surface area contributed by atoms with Crippen LogP contribution in [0.25, 0.3) is 0 Å². The first-order chi connectivity index (χ1) is 9.00. The number of amides is 1. The standard InChI is InChI=1S/C11H12ClN3O4/c12-7-1-2-8(9(5-7)15(17)18)14-3-4-19-6-10(14)11(13)16/h1-2,5,10H,3-4,6H2,(H2,13,16)/t10-/m1/s1. The molecule has 7 nitrogen and oxygen atoms in total. The van der Waals surface area contributed by atoms with Crippen LogP contribution in [0.2, 0.25) is 5.02 Å². The van der Waals surface area contributed by atoms with Crippen LogP contribution in [0.3, 0.4) is 0 Å². The molecule has 1 aromatic rings. The maximum Gasteiger partial charge on any atom is 0.294 e. The highest BCUT2D eigenvalue weighted by Gasteiger charge is 2.32. The fourth-order valence-electron chi connectivity index (χ4n) is 2.01. The number of hydrogen-bond donors (Lipinski definition) is 1. The molecule has 0 bridgehead atoms. The van der Waals surface area contributed by atoms with Crippen molar-refractivity contribution in [3.05, 3.63) is 33.3 Å². The zero-order valence-corrected chi connectivity index (χ0v) is 10.7. The number of ether oxygens (including phenoxy) is 1. The van der Waals surface area contributed by atoms with E-state index < -0.39 is 16.9 Å². The Bertz CT molecular complexity index is 523. The molecule has 1 fully saturated rings. The number of anilines is 1. The molecule has 19 heavy (non-hydrogen) atoms. The number of carbonyl (C=O) groups excluding carboxylic acids is 1. The maximum absolute atomic E-state index is 11.4. The zero-order chi connectivity index (χ0) is 14.0. The monoisotopic (exact) mass is 285 g/mol. The number of rotatable bonds is 3. The lowest BCUT2D eigenvalue weighted by Crippen LogP contribution is -2.52. The first kappa shape index (κ1) is 13.6. The van der Waals surface area contributed by atoms with Crippen LogP contribution in [0.15, 0.2) is 18.2 Å². The summed E-state index contributed by atoms with van der Waals surface area (Å²) in [5.41, 5.74) is 5.46. The third-order valence-electron chi connectivity index (χ3n) is 2.90. The third kappa shape index (κ3) is 2.77. The van der Waals surface area contributed by atoms with Gasteiger partial charge in [0, 0.05) is 17.6 Å². The Balaban J connectivity index is 2.44. The van der Waals surface area contributed by atoms with Crippen LogP contribution in [0.4, 0.5) is 11.4 Å². The zero-order valence-electron chi connectivity index (χ0n) is 9.91. The topological polar surface area (TPSA) is 98.7 Å². The summed E-state index contributed by atoms with van der Waals surface area (Å²) >= 11 is 5.76. The van der Waals surface area contributed by atoms with E-state index in [0.717, 1.165) is 0 Å². The minimum atomic E-state index is -0.714. The molecule has 2 rings (SSSR count). The lowest BCUT2D eigenvalue weighted by molar-refractivity contribution is -0.384. The van der Waals surface area contributed by atoms with E-state index in [1.807, 2.05) is 0 Å². The molecule has 0 saturated carbocycles. The van der Waals surface area contributed by atoms with Gasteiger partial charge in [-0.15, -0.1) is 0 Å². The van der Waals surface area contributed by atoms with Crippen molar-refractivity contribution in [3.8, 4) is 0 Å². The Labute approximate surface area is 114 Å². The van der Waals surface area contributed by atoms with Crippen molar-refractivity contribution in [2.24, 2.45) is 5.73 Å². The van der Waals surface area contributed by atoms with Crippen molar-refractivity contribution in [2.75, 3.05) is 24.7 Å². The number of morpholine rings is 1. The SMILES string of the molecule is NC(=O)[C@H]1COCCN1c1ccc(Cl)cc1[N+](=O)[O-]. The molecule has 1 aromatic carbocycles. The van der Waals surface area contributed by atoms with Gasteiger partial charge in [-0.2, -0.15) is 0 Å². The Morgan fingerprint density at radius 1 is 1.58 bits per heavy atom. The first-order valence-corrected chi connectivity index (χ1v) is 5.96. The van der Waals surface area contributed by atoms with Crippen molar-refractivity contribution in [1.29, 1.82) is 0 Å². The number of nitrogens with zero attached hydrogens (tertiary/aromatic N) is 2. The van der Waals surface area contributed by atoms with Gasteiger partial charge in [0.2, 0.25) is 5.91 Å². The summed E-state index contributed by atoms with van der Waals surface area (Å²) in [6, 6.07) is 3.59. The van der Waals surface area contributed by atoms with Crippen molar-refractivity contribution < 1.29 is 14.5 Å². The fraction of sp³-hybridized carbons (Fsp3) is 0.364. The molecule has 0 spiro atoms. The van der Waals surface area contributed by atoms with Gasteiger partial charge in [0.1, 0.15) is 11.7 Å². The van der Waals surface area contributed by atoms with E-state index >= 15 is 0 Å². The van der Waals surface area contributed by atoms with E-state index in [2.05, 4.69) is 0 Å². The van der Waals surface area contributed by atoms with Crippen LogP contribution >= 0.6 is 11.6 Å². The summed E-state index contributed by atoms with van der Waals surface area (Å²) in [5, 5.41) is 11.3. The summed E-state index contributed by atoms with van der Waals surface area (Å²) in [4.78, 5) is 23.5. The molecule has 102 valence electrons. The largest absolute Gasteiger partial charge is 0.377 e. The van der Waals surface area contributed by atoms with E-state index in [0.29, 0.717) is 18.8 Å². The second-order valence-electron chi connectivity index (χ2n) is 4.08. The molecule has 1 saturated heterocycles. The van der Waals surface area contributed by atoms with E-state index in [4.69, 9.17) is 22.1 Å². The average Bonchev–Trinajstić information content (AvgIpc) is 2.38. The van der Waals surface area contributed by atoms with Crippen molar-refractivity contribution in [1.82, 2.24) is 0 Å². The molecular formula is C11H12ClN3O4. The van der Waals surface area contributed by atoms with Gasteiger partial charge in [-0.3, -0.25) is 14.9 Å². The average molecular weight is 286 g/mol. The van der Waals surface area contributed by atoms with Gasteiger partial charge in [-0.1, -0.05) is 11.6 Å². The highest BCUT2D eigenvalue weighted by Crippen LogP contribution is 2.32. The molecule has 1 amide bonds. The highest BCUT2D eigenvalue weighted by atomic mass is 35.5. The minimum absolute atomic E-state index is 0.120. The van der Waals surface area contributed by atoms with E-state index in [9.17, 15) is 14.9 Å². The molecule has 1 aliphatic heterocycles. The molecule has 1 heterocycles. The number of primary amides is 1. The normalized spacial score (nSPS) is 19.2. The van der Waals surface area contributed by atoms with Gasteiger partial charge in [0.05, 0.1) is 18.1 Å². The molecule has 0 radical (unpaired) electrons. The second-order valence-corrected chi connectivity index (χ2v) is 4.51. The molecular weight excluding hydrogens is 274 g/mol. The Morgan fingerprint density at radius 2 is 2.32 bits per heavy atom. The van der Waals surface area contributed by atoms with Crippen LogP contribution < -0.4 is 10.6 Å². The van der Waals surface area contributed by atoms with Gasteiger partial charge < -0.3 is 15.4 Å². The van der Waals surface area contributed by atoms with Crippen molar-refractivity contribution >= 4 is 28.9 Å². The number of nitro benzene ring substituents is 1. The number of nitro groups is 1. The third-order valence-corrected chi connectivity index (χ3v) is 3.14. The number of nitrogens with two attached hydrogens (primary N) is 1. The molecule has 8 heteroatoms. The van der Waals surface area contributed by atoms with Crippen LogP contribution in [-0.4, -0.2) is 36.6 Å². The van der Waals surface area contributed by atoms with Gasteiger partial charge in [0.15, 0.2) is 0 Å². The Morgan fingerprint density at radius 3 is 2.95 bits per heavy atom. The van der Waals surface area contributed by atoms with Crippen molar-refractivity contribution in [3.63, 3.8) is 0 Å². The van der Waals surface area contributed by atoms with E-state index in [-0.39, 0.29) is 17.3 Å². The Kier molecular flexibility index (Phi) is 3.87. The van der Waals surface area contributed by atoms with Crippen LogP contribution in [0, 0.1) is 10.1 Å². The number of halogens is 1. The van der Waals surface area contributed by atoms with E-state index in [1.165, 1.54) is 18.2 Å². The van der Waals surface area contributed by atoms with E-state index in [1.54, 1.807) is 4.90 Å². The fourth-order valence-corrected chi connectivity index (χ4v) is 2.18. The van der Waals surface area contributed by atoms with Crippen LogP contribution in [0.5, 0.6) is 0 Å². The summed E-state index contributed by atoms with van der Waals surface area (Å²) < 4.78 is 5.18. The van der Waals surface area contributed by atoms with Gasteiger partial charge in [-0.25, -0.2) is 0 Å². The molecule has 0 aliphatic carbocycles. The smallest absolute Gasteiger partial charge is 0.294 e. The molecule has 1 aliphatic rings. The quantitative estimate of drug-likeness (QED) is 0.658. The second kappa shape index (κ2) is 5.41. The Hall–Kier alpha value is -1.86. The minimum Gasteiger partial charge on any atom is -0.377 e. The van der Waals surface area contributed by atoms with Crippen LogP contribution in [0.1, 0.15) is 0 Å². The highest BCUT2D eigenvalue weighted by molar-refractivity contribution is 6.30. The first-order valence-electron chi connectivity index (χ1n) is 5.58. The summed E-state index contributed by atoms with van der Waals surface area (Å²) in [7, 11) is 0. The summed E-state index contributed by atoms with van der Waals surface area (Å²) in [5.74, 6) is -0.580. The van der Waals surface area contributed by atoms with Gasteiger partial charge in [-0.05, 0) is 12.1 Å². The van der Waals surface area contributed by atoms with Gasteiger partial charge >= 0.3 is 0 Å². The molecule has 1 atom stereocenters. The maximum atomic E-state index is 11.4. The number of benzene rings is 1. The lowest BCUT2D eigenvalue weighted by atomic mass is 10.1. The van der Waals surface area contributed by atoms with Crippen molar-refractivity contribution in [2.45, 2.75) is 6.04 Å². The molecule has 2 N–H and O–H groups in total. The van der Waals surface area contributed by atoms with Crippen LogP contribution in [-0.2, 0) is 9.53 Å². The predicted molar refractivity (Wildman–Crippen MR) is 69.3 cm³/mol. The number of carbonyl (C=O) groups is 1.